The van der Waals surface area contributed by atoms with Crippen LogP contribution in [0.2, 0.25) is 0 Å². The lowest BCUT2D eigenvalue weighted by molar-refractivity contribution is -0.00495. The summed E-state index contributed by atoms with van der Waals surface area (Å²) in [5.74, 6) is -0.0681. The molecule has 0 saturated carbocycles. The van der Waals surface area contributed by atoms with E-state index in [1.807, 2.05) is 24.3 Å². The van der Waals surface area contributed by atoms with Gasteiger partial charge in [-0.05, 0) is 19.1 Å². The summed E-state index contributed by atoms with van der Waals surface area (Å²) >= 11 is 0. The molecule has 0 aliphatic rings. The first-order chi connectivity index (χ1) is 11.2. The van der Waals surface area contributed by atoms with Crippen molar-refractivity contribution in [1.29, 1.82) is 0 Å². The van der Waals surface area contributed by atoms with Gasteiger partial charge in [0.2, 0.25) is 0 Å². The van der Waals surface area contributed by atoms with Crippen LogP contribution in [-0.2, 0) is 0 Å². The molecule has 0 fully saturated rings. The molecule has 1 heterocycles. The maximum absolute atomic E-state index is 12.8. The molecule has 3 rings (SSSR count). The van der Waals surface area contributed by atoms with Crippen molar-refractivity contribution in [3.8, 4) is 0 Å². The van der Waals surface area contributed by atoms with Gasteiger partial charge in [0.05, 0.1) is 11.3 Å². The van der Waals surface area contributed by atoms with Crippen LogP contribution in [0, 0.1) is 6.92 Å². The summed E-state index contributed by atoms with van der Waals surface area (Å²) in [7, 11) is 0. The number of hydrogen-bond donors (Lipinski definition) is 0. The number of carbonyl (C=O) groups excluding carboxylic acids is 1. The molecule has 0 radical (unpaired) electrons. The Hall–Kier alpha value is -3.30. The highest BCUT2D eigenvalue weighted by Crippen LogP contribution is 2.21. The molecule has 0 atom stereocenters. The van der Waals surface area contributed by atoms with E-state index in [0.717, 1.165) is 0 Å². The van der Waals surface area contributed by atoms with Gasteiger partial charge in [-0.25, -0.2) is 0 Å². The van der Waals surface area contributed by atoms with E-state index in [9.17, 15) is 10.3 Å². The third kappa shape index (κ3) is 2.73. The molecule has 3 aromatic rings. The average molecular weight is 303 g/mol. The van der Waals surface area contributed by atoms with Gasteiger partial charge < -0.3 is 10.1 Å². The van der Waals surface area contributed by atoms with E-state index in [-0.39, 0.29) is 17.3 Å². The minimum atomic E-state index is -0.226. The van der Waals surface area contributed by atoms with Crippen LogP contribution in [0.15, 0.2) is 65.2 Å². The van der Waals surface area contributed by atoms with Crippen LogP contribution in [0.1, 0.15) is 32.9 Å². The molecule has 0 amide bonds. The Labute approximate surface area is 132 Å². The third-order valence-corrected chi connectivity index (χ3v) is 3.49. The second-order valence-electron chi connectivity index (χ2n) is 4.98. The molecule has 112 valence electrons. The van der Waals surface area contributed by atoms with Gasteiger partial charge in [-0.15, -0.1) is 0 Å². The highest BCUT2D eigenvalue weighted by molar-refractivity contribution is 6.18. The number of aryl methyl sites for hydroxylation is 1. The fourth-order valence-corrected chi connectivity index (χ4v) is 2.36. The molecule has 5 nitrogen and oxygen atoms in total. The van der Waals surface area contributed by atoms with Gasteiger partial charge in [-0.3, -0.25) is 4.79 Å². The molecule has 0 saturated heterocycles. The van der Waals surface area contributed by atoms with Crippen LogP contribution < -0.4 is 0 Å². The summed E-state index contributed by atoms with van der Waals surface area (Å²) in [6.45, 7) is 1.68. The number of hydrogen-bond acceptors (Lipinski definition) is 3. The molecule has 0 unspecified atom stereocenters. The molecule has 0 N–H and O–H groups in total. The number of carbonyl (C=O) groups is 1. The average Bonchev–Trinajstić information content (AvgIpc) is 2.98. The van der Waals surface area contributed by atoms with Gasteiger partial charge in [0.15, 0.2) is 5.78 Å². The van der Waals surface area contributed by atoms with Gasteiger partial charge in [0.25, 0.3) is 5.76 Å². The smallest absolute Gasteiger partial charge is 0.361 e. The highest BCUT2D eigenvalue weighted by atomic mass is 16.5. The van der Waals surface area contributed by atoms with Crippen molar-refractivity contribution < 1.29 is 14.1 Å². The summed E-state index contributed by atoms with van der Waals surface area (Å²) in [4.78, 5) is 16.1. The fraction of sp³-hybridized carbons (Fsp3) is 0.0556. The van der Waals surface area contributed by atoms with E-state index in [2.05, 4.69) is 9.95 Å². The normalized spacial score (nSPS) is 10.1. The minimum absolute atomic E-state index is 0.157. The first kappa shape index (κ1) is 14.6. The van der Waals surface area contributed by atoms with Crippen LogP contribution in [0.4, 0.5) is 0 Å². The van der Waals surface area contributed by atoms with Crippen LogP contribution in [0.5, 0.6) is 0 Å². The molecule has 0 spiro atoms. The number of ketones is 1. The van der Waals surface area contributed by atoms with E-state index >= 15 is 0 Å². The molecule has 0 bridgehead atoms. The van der Waals surface area contributed by atoms with Crippen LogP contribution in [0.3, 0.4) is 0 Å². The molecule has 0 aliphatic heterocycles. The molecule has 23 heavy (non-hydrogen) atoms. The van der Waals surface area contributed by atoms with Crippen molar-refractivity contribution in [3.63, 3.8) is 0 Å². The van der Waals surface area contributed by atoms with E-state index in [1.54, 1.807) is 43.3 Å². The van der Waals surface area contributed by atoms with Crippen molar-refractivity contribution in [3.05, 3.63) is 94.3 Å². The Kier molecular flexibility index (Phi) is 3.95. The second kappa shape index (κ2) is 6.22. The maximum atomic E-state index is 12.8. The van der Waals surface area contributed by atoms with Crippen LogP contribution in [0.25, 0.3) is 5.53 Å². The Balaban J connectivity index is 2.13. The lowest BCUT2D eigenvalue weighted by Gasteiger charge is -2.00. The van der Waals surface area contributed by atoms with E-state index < -0.39 is 0 Å². The molecular weight excluding hydrogens is 290 g/mol. The Bertz CT molecular complexity index is 893. The zero-order valence-corrected chi connectivity index (χ0v) is 12.4. The Morgan fingerprint density at radius 3 is 2.13 bits per heavy atom. The van der Waals surface area contributed by atoms with Gasteiger partial charge in [-0.1, -0.05) is 53.7 Å². The summed E-state index contributed by atoms with van der Waals surface area (Å²) in [5, 5.41) is 3.87. The van der Waals surface area contributed by atoms with Crippen molar-refractivity contribution >= 4 is 11.5 Å². The number of benzene rings is 2. The quantitative estimate of drug-likeness (QED) is 0.321. The van der Waals surface area contributed by atoms with Crippen molar-refractivity contribution in [2.24, 2.45) is 0 Å². The first-order valence-corrected chi connectivity index (χ1v) is 7.06. The van der Waals surface area contributed by atoms with Gasteiger partial charge in [0.1, 0.15) is 5.56 Å². The Morgan fingerprint density at radius 2 is 1.57 bits per heavy atom. The monoisotopic (exact) mass is 303 g/mol. The minimum Gasteiger partial charge on any atom is -0.361 e. The molecule has 0 aliphatic carbocycles. The first-order valence-electron chi connectivity index (χ1n) is 7.06. The topological polar surface area (TPSA) is 79.5 Å². The molecular formula is C18H13N3O2. The van der Waals surface area contributed by atoms with Crippen molar-refractivity contribution in [2.75, 3.05) is 0 Å². The Morgan fingerprint density at radius 1 is 1.00 bits per heavy atom. The summed E-state index contributed by atoms with van der Waals surface area (Å²) in [6.07, 6.45) is 0. The molecule has 5 heteroatoms. The lowest BCUT2D eigenvalue weighted by Crippen LogP contribution is -2.11. The van der Waals surface area contributed by atoms with Gasteiger partial charge in [0, 0.05) is 5.56 Å². The molecule has 2 aromatic carbocycles. The number of rotatable bonds is 4. The summed E-state index contributed by atoms with van der Waals surface area (Å²) in [5.41, 5.74) is 11.5. The predicted molar refractivity (Wildman–Crippen MR) is 84.4 cm³/mol. The van der Waals surface area contributed by atoms with Crippen LogP contribution in [-0.4, -0.2) is 21.4 Å². The fourth-order valence-electron chi connectivity index (χ4n) is 2.36. The zero-order chi connectivity index (χ0) is 16.2. The van der Waals surface area contributed by atoms with E-state index in [0.29, 0.717) is 22.4 Å². The predicted octanol–water partition coefficient (Wildman–Crippen LogP) is 3.28. The standard InChI is InChI=1S/C18H13N3O2/c1-12-15(17(22)14-10-6-3-7-11-14)18(23-21-12)16(20-19)13-8-4-2-5-9-13/h2-11H,1H3. The van der Waals surface area contributed by atoms with Gasteiger partial charge in [-0.2, -0.15) is 4.79 Å². The summed E-state index contributed by atoms with van der Waals surface area (Å²) < 4.78 is 5.28. The second-order valence-corrected chi connectivity index (χ2v) is 4.98. The van der Waals surface area contributed by atoms with Gasteiger partial charge >= 0.3 is 5.71 Å². The molecule has 1 aromatic heterocycles. The largest absolute Gasteiger partial charge is 0.368 e. The zero-order valence-electron chi connectivity index (χ0n) is 12.4. The highest BCUT2D eigenvalue weighted by Gasteiger charge is 2.30. The number of aromatic nitrogens is 1. The SMILES string of the molecule is Cc1noc(C(=[N+]=[N-])c2ccccc2)c1C(=O)c1ccccc1. The maximum Gasteiger partial charge on any atom is 0.368 e. The van der Waals surface area contributed by atoms with E-state index in [4.69, 9.17) is 4.52 Å². The number of nitrogens with zero attached hydrogens (tertiary/aromatic N) is 3. The third-order valence-electron chi connectivity index (χ3n) is 3.49. The van der Waals surface area contributed by atoms with E-state index in [1.165, 1.54) is 0 Å². The summed E-state index contributed by atoms with van der Waals surface area (Å²) in [6, 6.07) is 17.8. The van der Waals surface area contributed by atoms with Crippen LogP contribution >= 0.6 is 0 Å². The lowest BCUT2D eigenvalue weighted by atomic mass is 9.97. The van der Waals surface area contributed by atoms with Crippen molar-refractivity contribution in [2.45, 2.75) is 6.92 Å². The van der Waals surface area contributed by atoms with Crippen molar-refractivity contribution in [1.82, 2.24) is 5.16 Å².